The van der Waals surface area contributed by atoms with Crippen LogP contribution in [0.1, 0.15) is 23.2 Å². The standard InChI is InChI=1S/C14H18BrN3O/c15-13-11(2-1-3-12(13)16)14(19)18-8-6-17(7-9-18)10-4-5-10/h1-3,10H,4-9,16H2. The van der Waals surface area contributed by atoms with E-state index in [1.54, 1.807) is 6.07 Å². The van der Waals surface area contributed by atoms with E-state index in [2.05, 4.69) is 20.8 Å². The molecule has 2 N–H and O–H groups in total. The molecule has 1 saturated carbocycles. The number of amides is 1. The lowest BCUT2D eigenvalue weighted by molar-refractivity contribution is 0.0626. The van der Waals surface area contributed by atoms with Gasteiger partial charge in [-0.3, -0.25) is 9.69 Å². The van der Waals surface area contributed by atoms with E-state index in [0.717, 1.165) is 32.2 Å². The van der Waals surface area contributed by atoms with Crippen molar-refractivity contribution in [2.75, 3.05) is 31.9 Å². The molecular formula is C14H18BrN3O. The maximum atomic E-state index is 12.5. The Morgan fingerprint density at radius 3 is 2.53 bits per heavy atom. The highest BCUT2D eigenvalue weighted by atomic mass is 79.9. The Hall–Kier alpha value is -1.07. The summed E-state index contributed by atoms with van der Waals surface area (Å²) in [5.74, 6) is 0.0784. The van der Waals surface area contributed by atoms with Crippen LogP contribution in [0.25, 0.3) is 0 Å². The summed E-state index contributed by atoms with van der Waals surface area (Å²) >= 11 is 3.41. The molecule has 0 aromatic heterocycles. The number of nitrogen functional groups attached to an aromatic ring is 1. The van der Waals surface area contributed by atoms with Crippen LogP contribution in [0.5, 0.6) is 0 Å². The van der Waals surface area contributed by atoms with Crippen molar-refractivity contribution < 1.29 is 4.79 Å². The first-order chi connectivity index (χ1) is 9.16. The van der Waals surface area contributed by atoms with E-state index in [1.165, 1.54) is 12.8 Å². The van der Waals surface area contributed by atoms with Crippen molar-refractivity contribution in [3.05, 3.63) is 28.2 Å². The van der Waals surface area contributed by atoms with E-state index in [1.807, 2.05) is 17.0 Å². The predicted octanol–water partition coefficient (Wildman–Crippen LogP) is 1.95. The number of benzene rings is 1. The van der Waals surface area contributed by atoms with Crippen molar-refractivity contribution in [3.8, 4) is 0 Å². The minimum absolute atomic E-state index is 0.0784. The number of halogens is 1. The molecule has 102 valence electrons. The van der Waals surface area contributed by atoms with Crippen molar-refractivity contribution in [2.45, 2.75) is 18.9 Å². The smallest absolute Gasteiger partial charge is 0.255 e. The first-order valence-electron chi connectivity index (χ1n) is 6.74. The summed E-state index contributed by atoms with van der Waals surface area (Å²) in [6.45, 7) is 3.62. The van der Waals surface area contributed by atoms with E-state index in [4.69, 9.17) is 5.73 Å². The van der Waals surface area contributed by atoms with E-state index < -0.39 is 0 Å². The van der Waals surface area contributed by atoms with Gasteiger partial charge in [0.1, 0.15) is 0 Å². The molecule has 0 unspecified atom stereocenters. The zero-order chi connectivity index (χ0) is 13.4. The van der Waals surface area contributed by atoms with Crippen molar-refractivity contribution in [1.82, 2.24) is 9.80 Å². The topological polar surface area (TPSA) is 49.6 Å². The summed E-state index contributed by atoms with van der Waals surface area (Å²) < 4.78 is 0.713. The van der Waals surface area contributed by atoms with Crippen LogP contribution in [0, 0.1) is 0 Å². The molecular weight excluding hydrogens is 306 g/mol. The monoisotopic (exact) mass is 323 g/mol. The van der Waals surface area contributed by atoms with Gasteiger partial charge < -0.3 is 10.6 Å². The lowest BCUT2D eigenvalue weighted by Gasteiger charge is -2.35. The van der Waals surface area contributed by atoms with E-state index in [-0.39, 0.29) is 5.91 Å². The fourth-order valence-corrected chi connectivity index (χ4v) is 3.05. The second-order valence-corrected chi connectivity index (χ2v) is 6.06. The third-order valence-corrected chi connectivity index (χ3v) is 4.81. The highest BCUT2D eigenvalue weighted by Gasteiger charge is 2.32. The Morgan fingerprint density at radius 2 is 1.89 bits per heavy atom. The average Bonchev–Trinajstić information content (AvgIpc) is 3.26. The van der Waals surface area contributed by atoms with Crippen LogP contribution in [-0.4, -0.2) is 47.9 Å². The molecule has 1 amide bonds. The van der Waals surface area contributed by atoms with Crippen LogP contribution in [0.3, 0.4) is 0 Å². The Kier molecular flexibility index (Phi) is 3.50. The summed E-state index contributed by atoms with van der Waals surface area (Å²) in [5.41, 5.74) is 7.11. The second kappa shape index (κ2) is 5.13. The molecule has 1 aliphatic heterocycles. The molecule has 1 saturated heterocycles. The van der Waals surface area contributed by atoms with Gasteiger partial charge in [0.05, 0.1) is 10.0 Å². The van der Waals surface area contributed by atoms with Gasteiger partial charge in [-0.1, -0.05) is 6.07 Å². The number of piperazine rings is 1. The number of hydrogen-bond donors (Lipinski definition) is 1. The van der Waals surface area contributed by atoms with Gasteiger partial charge in [0.2, 0.25) is 0 Å². The highest BCUT2D eigenvalue weighted by Crippen LogP contribution is 2.29. The molecule has 0 radical (unpaired) electrons. The molecule has 2 aliphatic rings. The van der Waals surface area contributed by atoms with Crippen molar-refractivity contribution >= 4 is 27.5 Å². The average molecular weight is 324 g/mol. The number of anilines is 1. The fourth-order valence-electron chi connectivity index (χ4n) is 2.62. The van der Waals surface area contributed by atoms with Crippen molar-refractivity contribution in [1.29, 1.82) is 0 Å². The van der Waals surface area contributed by atoms with Crippen molar-refractivity contribution in [2.24, 2.45) is 0 Å². The Labute approximate surface area is 121 Å². The van der Waals surface area contributed by atoms with Crippen LogP contribution in [0.15, 0.2) is 22.7 Å². The van der Waals surface area contributed by atoms with Crippen LogP contribution in [0.4, 0.5) is 5.69 Å². The third-order valence-electron chi connectivity index (χ3n) is 3.92. The van der Waals surface area contributed by atoms with Crippen LogP contribution < -0.4 is 5.73 Å². The number of carbonyl (C=O) groups is 1. The Bertz CT molecular complexity index is 493. The molecule has 0 atom stereocenters. The Morgan fingerprint density at radius 1 is 1.21 bits per heavy atom. The first kappa shape index (κ1) is 12.9. The molecule has 5 heteroatoms. The number of rotatable bonds is 2. The van der Waals surface area contributed by atoms with Gasteiger partial charge >= 0.3 is 0 Å². The van der Waals surface area contributed by atoms with Gasteiger partial charge in [0, 0.05) is 37.9 Å². The quantitative estimate of drug-likeness (QED) is 0.846. The fraction of sp³-hybridized carbons (Fsp3) is 0.500. The van der Waals surface area contributed by atoms with Crippen LogP contribution in [0.2, 0.25) is 0 Å². The maximum Gasteiger partial charge on any atom is 0.255 e. The molecule has 0 bridgehead atoms. The minimum Gasteiger partial charge on any atom is -0.398 e. The molecule has 19 heavy (non-hydrogen) atoms. The zero-order valence-electron chi connectivity index (χ0n) is 10.8. The second-order valence-electron chi connectivity index (χ2n) is 5.27. The van der Waals surface area contributed by atoms with Gasteiger partial charge in [0.25, 0.3) is 5.91 Å². The molecule has 4 nitrogen and oxygen atoms in total. The number of carbonyl (C=O) groups excluding carboxylic acids is 1. The maximum absolute atomic E-state index is 12.5. The molecule has 1 aromatic rings. The summed E-state index contributed by atoms with van der Waals surface area (Å²) in [6, 6.07) is 6.24. The minimum atomic E-state index is 0.0784. The zero-order valence-corrected chi connectivity index (χ0v) is 12.4. The lowest BCUT2D eigenvalue weighted by Crippen LogP contribution is -2.49. The van der Waals surface area contributed by atoms with E-state index in [9.17, 15) is 4.79 Å². The number of nitrogens with zero attached hydrogens (tertiary/aromatic N) is 2. The lowest BCUT2D eigenvalue weighted by atomic mass is 10.1. The molecule has 0 spiro atoms. The van der Waals surface area contributed by atoms with E-state index >= 15 is 0 Å². The first-order valence-corrected chi connectivity index (χ1v) is 7.53. The molecule has 1 heterocycles. The Balaban J connectivity index is 1.69. The molecule has 3 rings (SSSR count). The van der Waals surface area contributed by atoms with Crippen LogP contribution in [-0.2, 0) is 0 Å². The largest absolute Gasteiger partial charge is 0.398 e. The molecule has 2 fully saturated rings. The van der Waals surface area contributed by atoms with E-state index in [0.29, 0.717) is 15.7 Å². The summed E-state index contributed by atoms with van der Waals surface area (Å²) in [4.78, 5) is 16.9. The summed E-state index contributed by atoms with van der Waals surface area (Å²) in [7, 11) is 0. The van der Waals surface area contributed by atoms with Gasteiger partial charge in [-0.2, -0.15) is 0 Å². The van der Waals surface area contributed by atoms with Gasteiger partial charge in [-0.25, -0.2) is 0 Å². The van der Waals surface area contributed by atoms with Gasteiger partial charge in [-0.05, 0) is 40.9 Å². The normalized spacial score (nSPS) is 20.6. The summed E-state index contributed by atoms with van der Waals surface area (Å²) in [6.07, 6.45) is 2.66. The predicted molar refractivity (Wildman–Crippen MR) is 79.1 cm³/mol. The van der Waals surface area contributed by atoms with Crippen molar-refractivity contribution in [3.63, 3.8) is 0 Å². The number of nitrogens with two attached hydrogens (primary N) is 1. The summed E-state index contributed by atoms with van der Waals surface area (Å²) in [5, 5.41) is 0. The highest BCUT2D eigenvalue weighted by molar-refractivity contribution is 9.10. The van der Waals surface area contributed by atoms with Gasteiger partial charge in [-0.15, -0.1) is 0 Å². The number of hydrogen-bond acceptors (Lipinski definition) is 3. The van der Waals surface area contributed by atoms with Gasteiger partial charge in [0.15, 0.2) is 0 Å². The SMILES string of the molecule is Nc1cccc(C(=O)N2CCN(C3CC3)CC2)c1Br. The van der Waals surface area contributed by atoms with Crippen LogP contribution >= 0.6 is 15.9 Å². The molecule has 1 aliphatic carbocycles. The molecule has 1 aromatic carbocycles. The third kappa shape index (κ3) is 2.62.